The number of furan rings is 1. The second-order valence-corrected chi connectivity index (χ2v) is 7.39. The lowest BCUT2D eigenvalue weighted by molar-refractivity contribution is 0.0583. The molecule has 1 saturated heterocycles. The molecule has 9 heteroatoms. The van der Waals surface area contributed by atoms with Crippen molar-refractivity contribution in [3.8, 4) is 10.7 Å². The maximum absolute atomic E-state index is 12.4. The van der Waals surface area contributed by atoms with E-state index in [2.05, 4.69) is 31.0 Å². The van der Waals surface area contributed by atoms with Gasteiger partial charge in [0.15, 0.2) is 10.4 Å². The molecule has 3 aromatic heterocycles. The van der Waals surface area contributed by atoms with Crippen molar-refractivity contribution in [2.24, 2.45) is 0 Å². The van der Waals surface area contributed by atoms with Crippen LogP contribution in [0.3, 0.4) is 0 Å². The number of carbonyl (C=O) groups is 1. The second kappa shape index (κ2) is 7.11. The molecule has 4 heterocycles. The fraction of sp³-hybridized carbons (Fsp3) is 0.312. The molecule has 0 aliphatic carbocycles. The number of piperazine rings is 1. The van der Waals surface area contributed by atoms with Crippen LogP contribution in [0.4, 0.5) is 0 Å². The lowest BCUT2D eigenvalue weighted by Gasteiger charge is -2.33. The highest BCUT2D eigenvalue weighted by molar-refractivity contribution is 9.10. The third-order valence-corrected chi connectivity index (χ3v) is 5.30. The maximum Gasteiger partial charge on any atom is 0.289 e. The highest BCUT2D eigenvalue weighted by Crippen LogP contribution is 2.22. The van der Waals surface area contributed by atoms with Gasteiger partial charge in [0, 0.05) is 26.2 Å². The molecule has 0 radical (unpaired) electrons. The van der Waals surface area contributed by atoms with Gasteiger partial charge in [-0.05, 0) is 39.5 Å². The number of halogens is 1. The summed E-state index contributed by atoms with van der Waals surface area (Å²) in [6.07, 6.45) is 0. The predicted molar refractivity (Wildman–Crippen MR) is 95.2 cm³/mol. The second-order valence-electron chi connectivity index (χ2n) is 5.66. The Morgan fingerprint density at radius 1 is 1.24 bits per heavy atom. The summed E-state index contributed by atoms with van der Waals surface area (Å²) < 4.78 is 11.2. The summed E-state index contributed by atoms with van der Waals surface area (Å²) in [5, 5.41) is 6.01. The van der Waals surface area contributed by atoms with Crippen molar-refractivity contribution in [2.75, 3.05) is 26.2 Å². The summed E-state index contributed by atoms with van der Waals surface area (Å²) >= 11 is 4.80. The Hall–Kier alpha value is -1.97. The zero-order chi connectivity index (χ0) is 17.2. The Kier molecular flexibility index (Phi) is 4.69. The van der Waals surface area contributed by atoms with Crippen LogP contribution in [0, 0.1) is 0 Å². The summed E-state index contributed by atoms with van der Waals surface area (Å²) in [6.45, 7) is 3.38. The van der Waals surface area contributed by atoms with Crippen molar-refractivity contribution >= 4 is 33.2 Å². The van der Waals surface area contributed by atoms with Crippen molar-refractivity contribution in [3.63, 3.8) is 0 Å². The fourth-order valence-electron chi connectivity index (χ4n) is 2.71. The molecule has 3 aromatic rings. The molecule has 25 heavy (non-hydrogen) atoms. The molecular formula is C16H15BrN4O3S. The van der Waals surface area contributed by atoms with Gasteiger partial charge in [0.25, 0.3) is 5.91 Å². The lowest BCUT2D eigenvalue weighted by Crippen LogP contribution is -2.48. The van der Waals surface area contributed by atoms with E-state index in [1.807, 2.05) is 17.5 Å². The summed E-state index contributed by atoms with van der Waals surface area (Å²) in [7, 11) is 0. The van der Waals surface area contributed by atoms with Gasteiger partial charge in [0.05, 0.1) is 11.4 Å². The molecule has 7 nitrogen and oxygen atoms in total. The van der Waals surface area contributed by atoms with Crippen LogP contribution < -0.4 is 0 Å². The number of hydrogen-bond acceptors (Lipinski definition) is 7. The quantitative estimate of drug-likeness (QED) is 0.642. The number of nitrogens with zero attached hydrogens (tertiary/aromatic N) is 4. The minimum Gasteiger partial charge on any atom is -0.444 e. The molecular weight excluding hydrogens is 408 g/mol. The molecule has 4 rings (SSSR count). The number of amides is 1. The first-order valence-corrected chi connectivity index (χ1v) is 9.50. The molecule has 0 saturated carbocycles. The topological polar surface area (TPSA) is 75.6 Å². The van der Waals surface area contributed by atoms with E-state index >= 15 is 0 Å². The molecule has 0 bridgehead atoms. The molecule has 0 aromatic carbocycles. The van der Waals surface area contributed by atoms with Crippen LogP contribution in [0.15, 0.2) is 43.3 Å². The molecule has 1 aliphatic rings. The standard InChI is InChI=1S/C16H15BrN4O3S/c17-13-4-3-11(23-13)16(22)21-7-5-20(6-8-21)10-14-18-15(19-24-14)12-2-1-9-25-12/h1-4,9H,5-8,10H2. The predicted octanol–water partition coefficient (Wildman–Crippen LogP) is 3.11. The van der Waals surface area contributed by atoms with Crippen molar-refractivity contribution in [3.05, 3.63) is 46.0 Å². The van der Waals surface area contributed by atoms with Gasteiger partial charge in [-0.15, -0.1) is 11.3 Å². The number of rotatable bonds is 4. The lowest BCUT2D eigenvalue weighted by atomic mass is 10.3. The Labute approximate surface area is 156 Å². The highest BCUT2D eigenvalue weighted by atomic mass is 79.9. The maximum atomic E-state index is 12.4. The van der Waals surface area contributed by atoms with Gasteiger partial charge in [-0.2, -0.15) is 4.98 Å². The van der Waals surface area contributed by atoms with E-state index in [1.54, 1.807) is 28.4 Å². The molecule has 0 N–H and O–H groups in total. The number of thiophene rings is 1. The van der Waals surface area contributed by atoms with Gasteiger partial charge in [-0.1, -0.05) is 11.2 Å². The largest absolute Gasteiger partial charge is 0.444 e. The van der Waals surface area contributed by atoms with Crippen LogP contribution >= 0.6 is 27.3 Å². The third-order valence-electron chi connectivity index (χ3n) is 4.01. The monoisotopic (exact) mass is 422 g/mol. The average Bonchev–Trinajstić information content (AvgIpc) is 3.36. The van der Waals surface area contributed by atoms with Crippen LogP contribution in [0.1, 0.15) is 16.4 Å². The van der Waals surface area contributed by atoms with E-state index in [0.717, 1.165) is 18.0 Å². The Morgan fingerprint density at radius 3 is 2.76 bits per heavy atom. The average molecular weight is 423 g/mol. The van der Waals surface area contributed by atoms with Gasteiger partial charge in [0.1, 0.15) is 0 Å². The van der Waals surface area contributed by atoms with E-state index in [-0.39, 0.29) is 5.91 Å². The third kappa shape index (κ3) is 3.68. The Balaban J connectivity index is 1.32. The first-order chi connectivity index (χ1) is 12.2. The summed E-state index contributed by atoms with van der Waals surface area (Å²) in [6, 6.07) is 7.34. The Morgan fingerprint density at radius 2 is 2.08 bits per heavy atom. The molecule has 0 unspecified atom stereocenters. The van der Waals surface area contributed by atoms with Gasteiger partial charge in [0.2, 0.25) is 11.7 Å². The van der Waals surface area contributed by atoms with E-state index in [0.29, 0.717) is 41.8 Å². The molecule has 1 aliphatic heterocycles. The fourth-order valence-corrected chi connectivity index (χ4v) is 3.67. The summed E-state index contributed by atoms with van der Waals surface area (Å²) in [5.41, 5.74) is 0. The van der Waals surface area contributed by atoms with Crippen LogP contribution in [-0.2, 0) is 6.54 Å². The SMILES string of the molecule is O=C(c1ccc(Br)o1)N1CCN(Cc2nc(-c3cccs3)no2)CC1. The molecule has 130 valence electrons. The first-order valence-electron chi connectivity index (χ1n) is 7.82. The van der Waals surface area contributed by atoms with Crippen molar-refractivity contribution in [1.82, 2.24) is 19.9 Å². The minimum atomic E-state index is -0.0804. The van der Waals surface area contributed by atoms with Gasteiger partial charge < -0.3 is 13.8 Å². The normalized spacial score (nSPS) is 15.6. The first kappa shape index (κ1) is 16.5. The summed E-state index contributed by atoms with van der Waals surface area (Å²) in [5.74, 6) is 1.50. The highest BCUT2D eigenvalue weighted by Gasteiger charge is 2.25. The van der Waals surface area contributed by atoms with Crippen molar-refractivity contribution in [2.45, 2.75) is 6.54 Å². The smallest absolute Gasteiger partial charge is 0.289 e. The zero-order valence-corrected chi connectivity index (χ0v) is 15.6. The van der Waals surface area contributed by atoms with Crippen LogP contribution in [0.5, 0.6) is 0 Å². The van der Waals surface area contributed by atoms with Crippen LogP contribution in [-0.4, -0.2) is 52.0 Å². The van der Waals surface area contributed by atoms with E-state index in [9.17, 15) is 4.79 Å². The van der Waals surface area contributed by atoms with E-state index in [1.165, 1.54) is 0 Å². The van der Waals surface area contributed by atoms with Crippen molar-refractivity contribution < 1.29 is 13.7 Å². The van der Waals surface area contributed by atoms with Gasteiger partial charge >= 0.3 is 0 Å². The number of hydrogen-bond donors (Lipinski definition) is 0. The minimum absolute atomic E-state index is 0.0804. The molecule has 0 spiro atoms. The summed E-state index contributed by atoms with van der Waals surface area (Å²) in [4.78, 5) is 21.8. The van der Waals surface area contributed by atoms with Gasteiger partial charge in [-0.25, -0.2) is 0 Å². The van der Waals surface area contributed by atoms with Crippen LogP contribution in [0.25, 0.3) is 10.7 Å². The molecule has 1 fully saturated rings. The van der Waals surface area contributed by atoms with E-state index < -0.39 is 0 Å². The van der Waals surface area contributed by atoms with Crippen molar-refractivity contribution in [1.29, 1.82) is 0 Å². The van der Waals surface area contributed by atoms with Crippen LogP contribution in [0.2, 0.25) is 0 Å². The Bertz CT molecular complexity index is 853. The van der Waals surface area contributed by atoms with E-state index in [4.69, 9.17) is 8.94 Å². The zero-order valence-electron chi connectivity index (χ0n) is 13.2. The van der Waals surface area contributed by atoms with Gasteiger partial charge in [-0.3, -0.25) is 9.69 Å². The molecule has 0 atom stereocenters. The number of aromatic nitrogens is 2. The number of carbonyl (C=O) groups excluding carboxylic acids is 1. The molecule has 1 amide bonds.